The summed E-state index contributed by atoms with van der Waals surface area (Å²) in [5, 5.41) is 3.32. The number of esters is 1. The molecule has 0 atom stereocenters. The summed E-state index contributed by atoms with van der Waals surface area (Å²) in [5.74, 6) is -0.0185. The summed E-state index contributed by atoms with van der Waals surface area (Å²) >= 11 is 0. The first-order chi connectivity index (χ1) is 7.34. The van der Waals surface area contributed by atoms with Crippen molar-refractivity contribution >= 4 is 5.97 Å². The molecule has 0 aromatic rings. The van der Waals surface area contributed by atoms with Crippen molar-refractivity contribution in [3.63, 3.8) is 0 Å². The van der Waals surface area contributed by atoms with Crippen LogP contribution in [0.15, 0.2) is 0 Å². The van der Waals surface area contributed by atoms with Crippen LogP contribution >= 0.6 is 0 Å². The third-order valence-corrected chi connectivity index (χ3v) is 3.19. The number of hydrogen-bond acceptors (Lipinski definition) is 3. The Morgan fingerprint density at radius 2 is 1.87 bits per heavy atom. The highest BCUT2D eigenvalue weighted by atomic mass is 16.5. The topological polar surface area (TPSA) is 38.3 Å². The van der Waals surface area contributed by atoms with Gasteiger partial charge in [-0.15, -0.1) is 0 Å². The predicted molar refractivity (Wildman–Crippen MR) is 58.6 cm³/mol. The van der Waals surface area contributed by atoms with Crippen molar-refractivity contribution in [1.29, 1.82) is 0 Å². The molecule has 0 aliphatic heterocycles. The van der Waals surface area contributed by atoms with Gasteiger partial charge in [0.15, 0.2) is 0 Å². The number of nitrogens with one attached hydrogen (secondary N) is 1. The van der Waals surface area contributed by atoms with Crippen molar-refractivity contribution in [2.75, 3.05) is 6.54 Å². The van der Waals surface area contributed by atoms with Crippen LogP contribution in [0.1, 0.15) is 51.4 Å². The Morgan fingerprint density at radius 1 is 1.13 bits per heavy atom. The molecule has 15 heavy (non-hydrogen) atoms. The standard InChI is InChI=1S/C12H21NO2/c14-12(8-9-13-10-6-7-10)15-11-4-2-1-3-5-11/h10-11,13H,1-9H2. The molecule has 2 rings (SSSR count). The van der Waals surface area contributed by atoms with Crippen LogP contribution in [0.4, 0.5) is 0 Å². The molecule has 86 valence electrons. The highest BCUT2D eigenvalue weighted by Gasteiger charge is 2.21. The van der Waals surface area contributed by atoms with E-state index in [1.165, 1.54) is 32.1 Å². The molecule has 0 unspecified atom stereocenters. The molecule has 3 nitrogen and oxygen atoms in total. The van der Waals surface area contributed by atoms with Gasteiger partial charge in [-0.2, -0.15) is 0 Å². The van der Waals surface area contributed by atoms with Crippen molar-refractivity contribution in [3.05, 3.63) is 0 Å². The minimum absolute atomic E-state index is 0.0185. The van der Waals surface area contributed by atoms with Crippen molar-refractivity contribution in [3.8, 4) is 0 Å². The maximum atomic E-state index is 11.5. The number of hydrogen-bond donors (Lipinski definition) is 1. The third-order valence-electron chi connectivity index (χ3n) is 3.19. The summed E-state index contributed by atoms with van der Waals surface area (Å²) in [6, 6.07) is 0.687. The lowest BCUT2D eigenvalue weighted by Crippen LogP contribution is -2.25. The fourth-order valence-electron chi connectivity index (χ4n) is 2.09. The molecule has 0 saturated heterocycles. The fourth-order valence-corrected chi connectivity index (χ4v) is 2.09. The second-order valence-corrected chi connectivity index (χ2v) is 4.73. The van der Waals surface area contributed by atoms with Crippen LogP contribution in [0.2, 0.25) is 0 Å². The first-order valence-electron chi connectivity index (χ1n) is 6.27. The molecule has 2 aliphatic carbocycles. The van der Waals surface area contributed by atoms with E-state index in [9.17, 15) is 4.79 Å². The van der Waals surface area contributed by atoms with E-state index in [1.807, 2.05) is 0 Å². The maximum Gasteiger partial charge on any atom is 0.307 e. The average molecular weight is 211 g/mol. The Hall–Kier alpha value is -0.570. The molecule has 1 N–H and O–H groups in total. The quantitative estimate of drug-likeness (QED) is 0.707. The second-order valence-electron chi connectivity index (χ2n) is 4.73. The van der Waals surface area contributed by atoms with Gasteiger partial charge >= 0.3 is 5.97 Å². The van der Waals surface area contributed by atoms with E-state index in [-0.39, 0.29) is 12.1 Å². The van der Waals surface area contributed by atoms with Crippen LogP contribution in [0.5, 0.6) is 0 Å². The fraction of sp³-hybridized carbons (Fsp3) is 0.917. The third kappa shape index (κ3) is 4.20. The van der Waals surface area contributed by atoms with Crippen LogP contribution in [0, 0.1) is 0 Å². The normalized spacial score (nSPS) is 22.7. The van der Waals surface area contributed by atoms with Gasteiger partial charge in [-0.3, -0.25) is 4.79 Å². The lowest BCUT2D eigenvalue weighted by Gasteiger charge is -2.21. The minimum atomic E-state index is -0.0185. The lowest BCUT2D eigenvalue weighted by atomic mass is 9.98. The van der Waals surface area contributed by atoms with Gasteiger partial charge in [-0.25, -0.2) is 0 Å². The number of carbonyl (C=O) groups is 1. The van der Waals surface area contributed by atoms with Gasteiger partial charge < -0.3 is 10.1 Å². The number of ether oxygens (including phenoxy) is 1. The summed E-state index contributed by atoms with van der Waals surface area (Å²) in [4.78, 5) is 11.5. The van der Waals surface area contributed by atoms with Crippen LogP contribution in [0.3, 0.4) is 0 Å². The highest BCUT2D eigenvalue weighted by Crippen LogP contribution is 2.21. The lowest BCUT2D eigenvalue weighted by molar-refractivity contribution is -0.150. The monoisotopic (exact) mass is 211 g/mol. The van der Waals surface area contributed by atoms with Gasteiger partial charge in [0.25, 0.3) is 0 Å². The van der Waals surface area contributed by atoms with E-state index in [4.69, 9.17) is 4.74 Å². The summed E-state index contributed by atoms with van der Waals surface area (Å²) in [6.07, 6.45) is 9.19. The van der Waals surface area contributed by atoms with Crippen molar-refractivity contribution < 1.29 is 9.53 Å². The van der Waals surface area contributed by atoms with E-state index < -0.39 is 0 Å². The van der Waals surface area contributed by atoms with E-state index in [0.29, 0.717) is 12.5 Å². The van der Waals surface area contributed by atoms with Gasteiger partial charge in [0.2, 0.25) is 0 Å². The van der Waals surface area contributed by atoms with Crippen LogP contribution in [0.25, 0.3) is 0 Å². The zero-order valence-electron chi connectivity index (χ0n) is 9.34. The summed E-state index contributed by atoms with van der Waals surface area (Å²) in [6.45, 7) is 0.788. The molecule has 0 radical (unpaired) electrons. The summed E-state index contributed by atoms with van der Waals surface area (Å²) in [5.41, 5.74) is 0. The molecule has 2 saturated carbocycles. The Labute approximate surface area is 91.6 Å². The molecule has 2 aliphatic rings. The van der Waals surface area contributed by atoms with E-state index in [1.54, 1.807) is 0 Å². The Morgan fingerprint density at radius 3 is 2.53 bits per heavy atom. The number of carbonyl (C=O) groups excluding carboxylic acids is 1. The van der Waals surface area contributed by atoms with Crippen LogP contribution < -0.4 is 5.32 Å². The average Bonchev–Trinajstić information content (AvgIpc) is 3.03. The van der Waals surface area contributed by atoms with Crippen LogP contribution in [-0.4, -0.2) is 24.7 Å². The second kappa shape index (κ2) is 5.50. The molecule has 0 aromatic carbocycles. The van der Waals surface area contributed by atoms with Gasteiger partial charge in [-0.05, 0) is 38.5 Å². The molecule has 2 fully saturated rings. The maximum absolute atomic E-state index is 11.5. The molecule has 0 heterocycles. The van der Waals surface area contributed by atoms with Crippen molar-refractivity contribution in [1.82, 2.24) is 5.32 Å². The SMILES string of the molecule is O=C(CCNC1CC1)OC1CCCCC1. The molecular weight excluding hydrogens is 190 g/mol. The van der Waals surface area contributed by atoms with Crippen LogP contribution in [-0.2, 0) is 9.53 Å². The molecule has 0 amide bonds. The molecule has 3 heteroatoms. The zero-order chi connectivity index (χ0) is 10.5. The minimum Gasteiger partial charge on any atom is -0.462 e. The molecular formula is C12H21NO2. The molecule has 0 spiro atoms. The first kappa shape index (κ1) is 10.9. The van der Waals surface area contributed by atoms with Gasteiger partial charge in [0, 0.05) is 12.6 Å². The number of rotatable bonds is 5. The first-order valence-corrected chi connectivity index (χ1v) is 6.27. The predicted octanol–water partition coefficient (Wildman–Crippen LogP) is 2.00. The zero-order valence-corrected chi connectivity index (χ0v) is 9.34. The highest BCUT2D eigenvalue weighted by molar-refractivity contribution is 5.69. The van der Waals surface area contributed by atoms with E-state index in [0.717, 1.165) is 19.4 Å². The Balaban J connectivity index is 1.54. The largest absolute Gasteiger partial charge is 0.462 e. The van der Waals surface area contributed by atoms with Gasteiger partial charge in [-0.1, -0.05) is 6.42 Å². The smallest absolute Gasteiger partial charge is 0.307 e. The van der Waals surface area contributed by atoms with Gasteiger partial charge in [0.05, 0.1) is 6.42 Å². The van der Waals surface area contributed by atoms with E-state index >= 15 is 0 Å². The Kier molecular flexibility index (Phi) is 4.01. The van der Waals surface area contributed by atoms with Gasteiger partial charge in [0.1, 0.15) is 6.10 Å². The summed E-state index contributed by atoms with van der Waals surface area (Å²) in [7, 11) is 0. The van der Waals surface area contributed by atoms with Crippen molar-refractivity contribution in [2.45, 2.75) is 63.5 Å². The molecule has 0 aromatic heterocycles. The molecule has 0 bridgehead atoms. The summed E-state index contributed by atoms with van der Waals surface area (Å²) < 4.78 is 5.41. The van der Waals surface area contributed by atoms with Crippen molar-refractivity contribution in [2.24, 2.45) is 0 Å². The van der Waals surface area contributed by atoms with E-state index in [2.05, 4.69) is 5.32 Å². The Bertz CT molecular complexity index is 208.